The Morgan fingerprint density at radius 1 is 1.20 bits per heavy atom. The van der Waals surface area contributed by atoms with Gasteiger partial charge >= 0.3 is 6.61 Å². The standard InChI is InChI=1S/C17H15ClF2N2O3/c1-10(23)12-4-2-3-5-14(12)22-16(24)9-21-11-6-7-15(13(18)8-11)25-17(19)20/h2-8,17,21H,9H2,1H3,(H,22,24). The van der Waals surface area contributed by atoms with Crippen molar-refractivity contribution in [3.05, 3.63) is 53.1 Å². The Kier molecular flexibility index (Phi) is 6.30. The van der Waals surface area contributed by atoms with Crippen LogP contribution in [0, 0.1) is 0 Å². The molecule has 0 heterocycles. The van der Waals surface area contributed by atoms with Gasteiger partial charge in [0.2, 0.25) is 5.91 Å². The van der Waals surface area contributed by atoms with Crippen LogP contribution in [0.1, 0.15) is 17.3 Å². The molecule has 0 atom stereocenters. The van der Waals surface area contributed by atoms with E-state index in [1.165, 1.54) is 25.1 Å². The van der Waals surface area contributed by atoms with E-state index in [-0.39, 0.29) is 29.0 Å². The van der Waals surface area contributed by atoms with E-state index in [1.807, 2.05) is 0 Å². The summed E-state index contributed by atoms with van der Waals surface area (Å²) in [7, 11) is 0. The van der Waals surface area contributed by atoms with Crippen LogP contribution in [0.15, 0.2) is 42.5 Å². The molecule has 2 N–H and O–H groups in total. The number of hydrogen-bond donors (Lipinski definition) is 2. The van der Waals surface area contributed by atoms with Crippen LogP contribution in [0.3, 0.4) is 0 Å². The summed E-state index contributed by atoms with van der Waals surface area (Å²) in [6.45, 7) is -1.66. The molecular weight excluding hydrogens is 354 g/mol. The Hall–Kier alpha value is -2.67. The van der Waals surface area contributed by atoms with Crippen molar-refractivity contribution in [3.8, 4) is 5.75 Å². The fourth-order valence-corrected chi connectivity index (χ4v) is 2.30. The van der Waals surface area contributed by atoms with Gasteiger partial charge in [-0.2, -0.15) is 8.78 Å². The van der Waals surface area contributed by atoms with E-state index in [1.54, 1.807) is 24.3 Å². The third kappa shape index (κ3) is 5.42. The molecule has 0 aliphatic heterocycles. The van der Waals surface area contributed by atoms with Crippen LogP contribution in [0.4, 0.5) is 20.2 Å². The predicted octanol–water partition coefficient (Wildman–Crippen LogP) is 4.19. The number of nitrogens with one attached hydrogen (secondary N) is 2. The van der Waals surface area contributed by atoms with Crippen molar-refractivity contribution in [1.29, 1.82) is 0 Å². The lowest BCUT2D eigenvalue weighted by Crippen LogP contribution is -2.22. The molecule has 0 unspecified atom stereocenters. The van der Waals surface area contributed by atoms with Gasteiger partial charge in [-0.3, -0.25) is 9.59 Å². The number of Topliss-reactive ketones (excluding diaryl/α,β-unsaturated/α-hetero) is 1. The second kappa shape index (κ2) is 8.43. The Balaban J connectivity index is 1.96. The molecule has 0 spiro atoms. The molecule has 2 aromatic carbocycles. The number of hydrogen-bond acceptors (Lipinski definition) is 4. The molecule has 0 aliphatic carbocycles. The maximum atomic E-state index is 12.2. The van der Waals surface area contributed by atoms with Crippen LogP contribution in [-0.4, -0.2) is 24.8 Å². The van der Waals surface area contributed by atoms with Gasteiger partial charge in [0.15, 0.2) is 5.78 Å². The summed E-state index contributed by atoms with van der Waals surface area (Å²) in [5.74, 6) is -0.690. The first kappa shape index (κ1) is 18.7. The third-order valence-electron chi connectivity index (χ3n) is 3.18. The van der Waals surface area contributed by atoms with Gasteiger partial charge in [0.05, 0.1) is 17.3 Å². The number of rotatable bonds is 7. The smallest absolute Gasteiger partial charge is 0.387 e. The van der Waals surface area contributed by atoms with Crippen molar-refractivity contribution in [2.75, 3.05) is 17.2 Å². The van der Waals surface area contributed by atoms with Gasteiger partial charge in [-0.1, -0.05) is 23.7 Å². The van der Waals surface area contributed by atoms with Crippen molar-refractivity contribution >= 4 is 34.7 Å². The number of anilines is 2. The second-order valence-corrected chi connectivity index (χ2v) is 5.43. The van der Waals surface area contributed by atoms with Crippen molar-refractivity contribution < 1.29 is 23.1 Å². The van der Waals surface area contributed by atoms with E-state index in [0.29, 0.717) is 16.9 Å². The number of amides is 1. The van der Waals surface area contributed by atoms with Crippen LogP contribution in [-0.2, 0) is 4.79 Å². The average molecular weight is 369 g/mol. The van der Waals surface area contributed by atoms with Crippen molar-refractivity contribution in [2.24, 2.45) is 0 Å². The molecule has 0 aliphatic rings. The van der Waals surface area contributed by atoms with E-state index in [9.17, 15) is 18.4 Å². The summed E-state index contributed by atoms with van der Waals surface area (Å²) in [5.41, 5.74) is 1.29. The highest BCUT2D eigenvalue weighted by Gasteiger charge is 2.11. The maximum absolute atomic E-state index is 12.2. The maximum Gasteiger partial charge on any atom is 0.387 e. The minimum Gasteiger partial charge on any atom is -0.433 e. The fourth-order valence-electron chi connectivity index (χ4n) is 2.08. The number of alkyl halides is 2. The van der Waals surface area contributed by atoms with Gasteiger partial charge in [0, 0.05) is 11.3 Å². The topological polar surface area (TPSA) is 67.4 Å². The van der Waals surface area contributed by atoms with Crippen LogP contribution in [0.5, 0.6) is 5.75 Å². The summed E-state index contributed by atoms with van der Waals surface area (Å²) in [6, 6.07) is 10.8. The monoisotopic (exact) mass is 368 g/mol. The Labute approximate surface area is 147 Å². The van der Waals surface area contributed by atoms with E-state index < -0.39 is 6.61 Å². The zero-order chi connectivity index (χ0) is 18.4. The first-order chi connectivity index (χ1) is 11.9. The number of benzene rings is 2. The zero-order valence-electron chi connectivity index (χ0n) is 13.2. The lowest BCUT2D eigenvalue weighted by molar-refractivity contribution is -0.114. The van der Waals surface area contributed by atoms with Gasteiger partial charge in [-0.05, 0) is 37.3 Å². The molecule has 0 saturated heterocycles. The van der Waals surface area contributed by atoms with Crippen molar-refractivity contribution in [1.82, 2.24) is 0 Å². The zero-order valence-corrected chi connectivity index (χ0v) is 13.9. The summed E-state index contributed by atoms with van der Waals surface area (Å²) in [5, 5.41) is 5.44. The highest BCUT2D eigenvalue weighted by atomic mass is 35.5. The Bertz CT molecular complexity index is 784. The molecule has 8 heteroatoms. The molecule has 25 heavy (non-hydrogen) atoms. The van der Waals surface area contributed by atoms with Crippen LogP contribution in [0.25, 0.3) is 0 Å². The molecular formula is C17H15ClF2N2O3. The lowest BCUT2D eigenvalue weighted by atomic mass is 10.1. The predicted molar refractivity (Wildman–Crippen MR) is 91.6 cm³/mol. The van der Waals surface area contributed by atoms with Crippen LogP contribution < -0.4 is 15.4 Å². The third-order valence-corrected chi connectivity index (χ3v) is 3.48. The van der Waals surface area contributed by atoms with E-state index in [0.717, 1.165) is 0 Å². The quantitative estimate of drug-likeness (QED) is 0.719. The van der Waals surface area contributed by atoms with Crippen molar-refractivity contribution in [3.63, 3.8) is 0 Å². The molecule has 0 radical (unpaired) electrons. The Morgan fingerprint density at radius 3 is 2.56 bits per heavy atom. The number of carbonyl (C=O) groups is 2. The highest BCUT2D eigenvalue weighted by Crippen LogP contribution is 2.28. The molecule has 0 saturated carbocycles. The first-order valence-corrected chi connectivity index (χ1v) is 7.62. The molecule has 1 amide bonds. The first-order valence-electron chi connectivity index (χ1n) is 7.25. The lowest BCUT2D eigenvalue weighted by Gasteiger charge is -2.12. The normalized spacial score (nSPS) is 10.4. The molecule has 5 nitrogen and oxygen atoms in total. The SMILES string of the molecule is CC(=O)c1ccccc1NC(=O)CNc1ccc(OC(F)F)c(Cl)c1. The number of para-hydroxylation sites is 1. The van der Waals surface area contributed by atoms with Gasteiger partial charge in [-0.25, -0.2) is 0 Å². The number of ether oxygens (including phenoxy) is 1. The molecule has 0 bridgehead atoms. The van der Waals surface area contributed by atoms with Gasteiger partial charge < -0.3 is 15.4 Å². The van der Waals surface area contributed by atoms with Gasteiger partial charge in [0.1, 0.15) is 5.75 Å². The van der Waals surface area contributed by atoms with Crippen molar-refractivity contribution in [2.45, 2.75) is 13.5 Å². The fraction of sp³-hybridized carbons (Fsp3) is 0.176. The highest BCUT2D eigenvalue weighted by molar-refractivity contribution is 6.32. The molecule has 0 fully saturated rings. The van der Waals surface area contributed by atoms with E-state index in [2.05, 4.69) is 15.4 Å². The van der Waals surface area contributed by atoms with Crippen LogP contribution in [0.2, 0.25) is 5.02 Å². The number of carbonyl (C=O) groups excluding carboxylic acids is 2. The minimum absolute atomic E-state index is 0.00682. The van der Waals surface area contributed by atoms with E-state index >= 15 is 0 Å². The minimum atomic E-state index is -2.97. The van der Waals surface area contributed by atoms with Crippen LogP contribution >= 0.6 is 11.6 Å². The summed E-state index contributed by atoms with van der Waals surface area (Å²) in [4.78, 5) is 23.5. The molecule has 2 rings (SSSR count). The summed E-state index contributed by atoms with van der Waals surface area (Å²) in [6.07, 6.45) is 0. The molecule has 2 aromatic rings. The second-order valence-electron chi connectivity index (χ2n) is 5.03. The number of ketones is 1. The molecule has 132 valence electrons. The van der Waals surface area contributed by atoms with Gasteiger partial charge in [-0.15, -0.1) is 0 Å². The summed E-state index contributed by atoms with van der Waals surface area (Å²) >= 11 is 5.84. The average Bonchev–Trinajstić information content (AvgIpc) is 2.55. The Morgan fingerprint density at radius 2 is 1.92 bits per heavy atom. The van der Waals surface area contributed by atoms with E-state index in [4.69, 9.17) is 11.6 Å². The van der Waals surface area contributed by atoms with Gasteiger partial charge in [0.25, 0.3) is 0 Å². The summed E-state index contributed by atoms with van der Waals surface area (Å²) < 4.78 is 28.6. The molecule has 0 aromatic heterocycles. The number of halogens is 3. The largest absolute Gasteiger partial charge is 0.433 e.